The van der Waals surface area contributed by atoms with E-state index >= 15 is 0 Å². The highest BCUT2D eigenvalue weighted by molar-refractivity contribution is 6.07. The maximum Gasteiger partial charge on any atom is 0.255 e. The van der Waals surface area contributed by atoms with Crippen LogP contribution in [0.5, 0.6) is 17.2 Å². The Morgan fingerprint density at radius 1 is 0.879 bits per heavy atom. The monoisotopic (exact) mass is 442 g/mol. The normalized spacial score (nSPS) is 10.6. The number of fused-ring (bicyclic) bond motifs is 1. The number of carbonyl (C=O) groups is 1. The second-order valence-electron chi connectivity index (χ2n) is 7.29. The van der Waals surface area contributed by atoms with Crippen LogP contribution in [0.4, 0.5) is 5.69 Å². The zero-order chi connectivity index (χ0) is 23.2. The Bertz CT molecular complexity index is 1290. The molecule has 6 nitrogen and oxygen atoms in total. The number of anilines is 1. The lowest BCUT2D eigenvalue weighted by Crippen LogP contribution is -2.13. The highest BCUT2D eigenvalue weighted by atomic mass is 16.5. The molecule has 0 aliphatic rings. The molecule has 4 aromatic rings. The smallest absolute Gasteiger partial charge is 0.255 e. The third-order valence-corrected chi connectivity index (χ3v) is 5.13. The van der Waals surface area contributed by atoms with Gasteiger partial charge >= 0.3 is 0 Å². The topological polar surface area (TPSA) is 69.7 Å². The van der Waals surface area contributed by atoms with E-state index < -0.39 is 0 Å². The predicted octanol–water partition coefficient (Wildman–Crippen LogP) is 5.96. The van der Waals surface area contributed by atoms with E-state index in [2.05, 4.69) is 5.32 Å². The third kappa shape index (κ3) is 4.90. The van der Waals surface area contributed by atoms with Gasteiger partial charge in [0.1, 0.15) is 17.2 Å². The maximum atomic E-state index is 13.0. The van der Waals surface area contributed by atoms with Gasteiger partial charge in [0.05, 0.1) is 37.2 Å². The number of ether oxygens (including phenoxy) is 3. The Morgan fingerprint density at radius 3 is 2.45 bits per heavy atom. The second-order valence-corrected chi connectivity index (χ2v) is 7.29. The van der Waals surface area contributed by atoms with E-state index in [9.17, 15) is 4.79 Å². The van der Waals surface area contributed by atoms with Crippen molar-refractivity contribution in [1.82, 2.24) is 4.98 Å². The van der Waals surface area contributed by atoms with E-state index in [0.717, 1.165) is 27.9 Å². The van der Waals surface area contributed by atoms with Crippen molar-refractivity contribution in [3.8, 4) is 28.5 Å². The molecule has 0 spiro atoms. The molecule has 6 heteroatoms. The fourth-order valence-corrected chi connectivity index (χ4v) is 3.59. The van der Waals surface area contributed by atoms with Crippen molar-refractivity contribution in [3.63, 3.8) is 0 Å². The molecule has 1 N–H and O–H groups in total. The lowest BCUT2D eigenvalue weighted by molar-refractivity contribution is 0.102. The molecule has 0 aliphatic carbocycles. The first kappa shape index (κ1) is 22.1. The zero-order valence-corrected chi connectivity index (χ0v) is 18.9. The molecule has 0 saturated heterocycles. The van der Waals surface area contributed by atoms with E-state index in [4.69, 9.17) is 19.2 Å². The van der Waals surface area contributed by atoms with Crippen molar-refractivity contribution in [2.45, 2.75) is 13.8 Å². The van der Waals surface area contributed by atoms with E-state index in [-0.39, 0.29) is 5.91 Å². The number of carbonyl (C=O) groups excluding carboxylic acids is 1. The lowest BCUT2D eigenvalue weighted by atomic mass is 10.1. The Morgan fingerprint density at radius 2 is 1.67 bits per heavy atom. The summed E-state index contributed by atoms with van der Waals surface area (Å²) in [6, 6.07) is 22.4. The van der Waals surface area contributed by atoms with Crippen molar-refractivity contribution in [3.05, 3.63) is 78.4 Å². The molecule has 0 atom stereocenters. The van der Waals surface area contributed by atoms with Crippen molar-refractivity contribution < 1.29 is 19.0 Å². The lowest BCUT2D eigenvalue weighted by Gasteiger charge is -2.13. The van der Waals surface area contributed by atoms with Crippen LogP contribution in [-0.4, -0.2) is 31.2 Å². The molecule has 3 aromatic carbocycles. The van der Waals surface area contributed by atoms with Gasteiger partial charge in [-0.3, -0.25) is 4.79 Å². The summed E-state index contributed by atoms with van der Waals surface area (Å²) in [5.41, 5.74) is 3.57. The van der Waals surface area contributed by atoms with Gasteiger partial charge in [0.2, 0.25) is 0 Å². The van der Waals surface area contributed by atoms with Crippen LogP contribution < -0.4 is 19.5 Å². The Labute approximate surface area is 193 Å². The summed E-state index contributed by atoms with van der Waals surface area (Å²) in [6.07, 6.45) is 0. The quantitative estimate of drug-likeness (QED) is 0.365. The first-order chi connectivity index (χ1) is 16.1. The molecule has 33 heavy (non-hydrogen) atoms. The number of pyridine rings is 1. The van der Waals surface area contributed by atoms with Crippen molar-refractivity contribution in [2.75, 3.05) is 25.6 Å². The average molecular weight is 443 g/mol. The zero-order valence-electron chi connectivity index (χ0n) is 18.9. The van der Waals surface area contributed by atoms with Crippen LogP contribution in [0.3, 0.4) is 0 Å². The standard InChI is InChI=1S/C27H26N2O4/c1-4-32-25-12-7-6-11-23(25)29-27(30)19-13-14-22-21(16-19)26(33-5-2)17-24(28-22)18-9-8-10-20(15-18)31-3/h6-17H,4-5H2,1-3H3,(H,29,30). The molecule has 0 unspecified atom stereocenters. The number of hydrogen-bond acceptors (Lipinski definition) is 5. The van der Waals surface area contributed by atoms with Crippen LogP contribution in [0.1, 0.15) is 24.2 Å². The van der Waals surface area contributed by atoms with Gasteiger partial charge in [0.15, 0.2) is 0 Å². The van der Waals surface area contributed by atoms with E-state index in [1.165, 1.54) is 0 Å². The van der Waals surface area contributed by atoms with Crippen LogP contribution in [0.2, 0.25) is 0 Å². The van der Waals surface area contributed by atoms with E-state index in [1.807, 2.05) is 74.5 Å². The Balaban J connectivity index is 1.71. The minimum Gasteiger partial charge on any atom is -0.497 e. The van der Waals surface area contributed by atoms with Crippen molar-refractivity contribution in [1.29, 1.82) is 0 Å². The number of hydrogen-bond donors (Lipinski definition) is 1. The molecule has 0 aliphatic heterocycles. The molecule has 0 radical (unpaired) electrons. The second kappa shape index (κ2) is 10.0. The van der Waals surface area contributed by atoms with Gasteiger partial charge in [-0.1, -0.05) is 24.3 Å². The molecule has 0 bridgehead atoms. The van der Waals surface area contributed by atoms with Crippen molar-refractivity contribution >= 4 is 22.5 Å². The minimum atomic E-state index is -0.233. The molecule has 1 aromatic heterocycles. The molecule has 1 heterocycles. The number of methoxy groups -OCH3 is 1. The summed E-state index contributed by atoms with van der Waals surface area (Å²) in [5, 5.41) is 3.71. The number of benzene rings is 3. The molecular formula is C27H26N2O4. The van der Waals surface area contributed by atoms with Gasteiger partial charge < -0.3 is 19.5 Å². The summed E-state index contributed by atoms with van der Waals surface area (Å²) in [6.45, 7) is 4.85. The number of nitrogens with zero attached hydrogens (tertiary/aromatic N) is 1. The number of rotatable bonds is 8. The van der Waals surface area contributed by atoms with Gasteiger partial charge in [0.25, 0.3) is 5.91 Å². The minimum absolute atomic E-state index is 0.233. The predicted molar refractivity (Wildman–Crippen MR) is 130 cm³/mol. The van der Waals surface area contributed by atoms with Crippen LogP contribution in [0.15, 0.2) is 72.8 Å². The van der Waals surface area contributed by atoms with E-state index in [0.29, 0.717) is 36.0 Å². The molecule has 1 amide bonds. The summed E-state index contributed by atoms with van der Waals surface area (Å²) in [7, 11) is 1.64. The molecule has 168 valence electrons. The van der Waals surface area contributed by atoms with Gasteiger partial charge in [-0.05, 0) is 56.3 Å². The Kier molecular flexibility index (Phi) is 6.74. The van der Waals surface area contributed by atoms with E-state index in [1.54, 1.807) is 19.2 Å². The number of aromatic nitrogens is 1. The number of amides is 1. The fourth-order valence-electron chi connectivity index (χ4n) is 3.59. The number of nitrogens with one attached hydrogen (secondary N) is 1. The number of para-hydroxylation sites is 2. The van der Waals surface area contributed by atoms with Crippen LogP contribution in [0, 0.1) is 0 Å². The summed E-state index contributed by atoms with van der Waals surface area (Å²) in [5.74, 6) is 1.83. The van der Waals surface area contributed by atoms with Gasteiger partial charge in [0, 0.05) is 22.6 Å². The SMILES string of the molecule is CCOc1ccccc1NC(=O)c1ccc2nc(-c3cccc(OC)c3)cc(OCC)c2c1. The first-order valence-corrected chi connectivity index (χ1v) is 10.9. The first-order valence-electron chi connectivity index (χ1n) is 10.9. The summed E-state index contributed by atoms with van der Waals surface area (Å²) < 4.78 is 16.9. The summed E-state index contributed by atoms with van der Waals surface area (Å²) >= 11 is 0. The molecule has 4 rings (SSSR count). The Hall–Kier alpha value is -4.06. The highest BCUT2D eigenvalue weighted by Crippen LogP contribution is 2.32. The van der Waals surface area contributed by atoms with Gasteiger partial charge in [-0.15, -0.1) is 0 Å². The van der Waals surface area contributed by atoms with Gasteiger partial charge in [-0.2, -0.15) is 0 Å². The maximum absolute atomic E-state index is 13.0. The summed E-state index contributed by atoms with van der Waals surface area (Å²) in [4.78, 5) is 17.8. The van der Waals surface area contributed by atoms with Crippen LogP contribution in [-0.2, 0) is 0 Å². The average Bonchev–Trinajstić information content (AvgIpc) is 2.85. The van der Waals surface area contributed by atoms with Crippen LogP contribution in [0.25, 0.3) is 22.2 Å². The molecule has 0 saturated carbocycles. The van der Waals surface area contributed by atoms with Crippen LogP contribution >= 0.6 is 0 Å². The third-order valence-electron chi connectivity index (χ3n) is 5.13. The molecular weight excluding hydrogens is 416 g/mol. The largest absolute Gasteiger partial charge is 0.497 e. The van der Waals surface area contributed by atoms with Gasteiger partial charge in [-0.25, -0.2) is 4.98 Å². The highest BCUT2D eigenvalue weighted by Gasteiger charge is 2.14. The molecule has 0 fully saturated rings. The fraction of sp³-hybridized carbons (Fsp3) is 0.185. The van der Waals surface area contributed by atoms with Crippen molar-refractivity contribution in [2.24, 2.45) is 0 Å².